The molecule has 0 bridgehead atoms. The molecule has 0 aromatic heterocycles. The van der Waals surface area contributed by atoms with Crippen molar-refractivity contribution in [3.8, 4) is 0 Å². The number of carboxylic acids is 1. The Labute approximate surface area is 212 Å². The van der Waals surface area contributed by atoms with Gasteiger partial charge < -0.3 is 9.84 Å². The van der Waals surface area contributed by atoms with Crippen molar-refractivity contribution in [1.82, 2.24) is 0 Å². The number of hydrogen-bond acceptors (Lipinski definition) is 3. The molecule has 11 atom stereocenters. The second kappa shape index (κ2) is 8.09. The maximum absolute atomic E-state index is 12.8. The van der Waals surface area contributed by atoms with E-state index in [1.807, 2.05) is 6.92 Å². The highest BCUT2D eigenvalue weighted by Gasteiger charge is 2.67. The lowest BCUT2D eigenvalue weighted by Crippen LogP contribution is -2.63. The third-order valence-corrected chi connectivity index (χ3v) is 13.0. The van der Waals surface area contributed by atoms with Crippen molar-refractivity contribution in [2.45, 2.75) is 112 Å². The Kier molecular flexibility index (Phi) is 5.85. The topological polar surface area (TPSA) is 63.6 Å². The van der Waals surface area contributed by atoms with Crippen LogP contribution in [0, 0.1) is 57.2 Å². The zero-order chi connectivity index (χ0) is 25.6. The van der Waals surface area contributed by atoms with Gasteiger partial charge in [-0.05, 0) is 116 Å². The Hall–Kier alpha value is -1.32. The van der Waals surface area contributed by atoms with Gasteiger partial charge in [-0.25, -0.2) is 0 Å². The molecule has 4 unspecified atom stereocenters. The molecule has 4 fully saturated rings. The Morgan fingerprint density at radius 2 is 1.66 bits per heavy atom. The molecule has 35 heavy (non-hydrogen) atoms. The molecule has 4 nitrogen and oxygen atoms in total. The van der Waals surface area contributed by atoms with Crippen molar-refractivity contribution in [2.75, 3.05) is 0 Å². The minimum Gasteiger partial charge on any atom is -0.481 e. The number of hydrogen-bond donors (Lipinski definition) is 1. The number of rotatable bonds is 2. The molecule has 0 saturated heterocycles. The lowest BCUT2D eigenvalue weighted by atomic mass is 9.37. The number of fused-ring (bicyclic) bond motifs is 7. The summed E-state index contributed by atoms with van der Waals surface area (Å²) in [5, 5.41) is 10.5. The first-order chi connectivity index (χ1) is 16.3. The molecule has 1 N–H and O–H groups in total. The van der Waals surface area contributed by atoms with E-state index in [1.165, 1.54) is 32.6 Å². The summed E-state index contributed by atoms with van der Waals surface area (Å²) in [7, 11) is 0. The Morgan fingerprint density at radius 1 is 0.943 bits per heavy atom. The van der Waals surface area contributed by atoms with E-state index in [2.05, 4.69) is 40.7 Å². The van der Waals surface area contributed by atoms with Crippen LogP contribution in [0.5, 0.6) is 0 Å². The van der Waals surface area contributed by atoms with Crippen LogP contribution in [0.15, 0.2) is 11.6 Å². The third-order valence-electron chi connectivity index (χ3n) is 13.0. The van der Waals surface area contributed by atoms with Crippen LogP contribution in [0.2, 0.25) is 0 Å². The molecule has 5 aliphatic rings. The fourth-order valence-electron chi connectivity index (χ4n) is 10.7. The van der Waals surface area contributed by atoms with Crippen LogP contribution in [-0.4, -0.2) is 23.1 Å². The lowest BCUT2D eigenvalue weighted by molar-refractivity contribution is -0.207. The number of carboxylic acid groups (broad SMARTS) is 1. The van der Waals surface area contributed by atoms with Crippen molar-refractivity contribution in [3.05, 3.63) is 11.6 Å². The molecule has 196 valence electrons. The smallest absolute Gasteiger partial charge is 0.313 e. The number of aliphatic carboxylic acids is 1. The van der Waals surface area contributed by atoms with E-state index < -0.39 is 17.5 Å². The van der Waals surface area contributed by atoms with E-state index >= 15 is 0 Å². The summed E-state index contributed by atoms with van der Waals surface area (Å²) in [6.45, 7) is 15.8. The molecule has 0 aliphatic heterocycles. The van der Waals surface area contributed by atoms with E-state index in [1.54, 1.807) is 5.57 Å². The molecule has 0 aromatic rings. The predicted molar refractivity (Wildman–Crippen MR) is 138 cm³/mol. The highest BCUT2D eigenvalue weighted by molar-refractivity contribution is 5.77. The predicted octanol–water partition coefficient (Wildman–Crippen LogP) is 7.27. The van der Waals surface area contributed by atoms with Gasteiger partial charge in [0.25, 0.3) is 0 Å². The van der Waals surface area contributed by atoms with E-state index in [4.69, 9.17) is 4.74 Å². The Morgan fingerprint density at radius 3 is 2.31 bits per heavy atom. The maximum atomic E-state index is 12.8. The van der Waals surface area contributed by atoms with Gasteiger partial charge in [-0.15, -0.1) is 0 Å². The molecule has 5 rings (SSSR count). The number of allylic oxidation sites excluding steroid dienone is 2. The van der Waals surface area contributed by atoms with Crippen LogP contribution in [0.1, 0.15) is 106 Å². The van der Waals surface area contributed by atoms with E-state index in [0.717, 1.165) is 37.5 Å². The lowest BCUT2D eigenvalue weighted by Gasteiger charge is -2.67. The van der Waals surface area contributed by atoms with Gasteiger partial charge in [0.2, 0.25) is 0 Å². The second-order valence-corrected chi connectivity index (χ2v) is 14.4. The molecule has 0 amide bonds. The number of ether oxygens (including phenoxy) is 1. The van der Waals surface area contributed by atoms with Crippen molar-refractivity contribution in [3.63, 3.8) is 0 Å². The minimum atomic E-state index is -1.02. The van der Waals surface area contributed by atoms with Crippen molar-refractivity contribution in [1.29, 1.82) is 0 Å². The number of carbonyl (C=O) groups excluding carboxylic acids is 1. The quantitative estimate of drug-likeness (QED) is 0.331. The van der Waals surface area contributed by atoms with Crippen molar-refractivity contribution >= 4 is 11.9 Å². The third kappa shape index (κ3) is 3.36. The SMILES string of the molecule is CC(=O)O[C@@H]1CC[C@]2(C)C3CC=C4C5[C@@H](C)[C@H](C)CC[C@]5(C)CC[C@@]4(C)C3CCC2[C@@]1(C)C(=O)O. The van der Waals surface area contributed by atoms with E-state index in [9.17, 15) is 14.7 Å². The first kappa shape index (κ1) is 25.3. The molecule has 0 heterocycles. The van der Waals surface area contributed by atoms with Crippen LogP contribution in [0.25, 0.3) is 0 Å². The first-order valence-electron chi connectivity index (χ1n) is 14.4. The average Bonchev–Trinajstić information content (AvgIpc) is 2.78. The fourth-order valence-corrected chi connectivity index (χ4v) is 10.7. The van der Waals surface area contributed by atoms with Gasteiger partial charge in [-0.1, -0.05) is 46.3 Å². The maximum Gasteiger partial charge on any atom is 0.313 e. The fraction of sp³-hybridized carbons (Fsp3) is 0.871. The number of carbonyl (C=O) groups is 2. The summed E-state index contributed by atoms with van der Waals surface area (Å²) >= 11 is 0. The van der Waals surface area contributed by atoms with Gasteiger partial charge >= 0.3 is 11.9 Å². The molecule has 0 spiro atoms. The zero-order valence-corrected chi connectivity index (χ0v) is 23.2. The highest BCUT2D eigenvalue weighted by atomic mass is 16.5. The number of esters is 1. The molecule has 0 aromatic carbocycles. The Balaban J connectivity index is 1.53. The second-order valence-electron chi connectivity index (χ2n) is 14.4. The summed E-state index contributed by atoms with van der Waals surface area (Å²) in [5.74, 6) is 2.23. The summed E-state index contributed by atoms with van der Waals surface area (Å²) in [5.41, 5.74) is 1.38. The van der Waals surface area contributed by atoms with E-state index in [0.29, 0.717) is 29.6 Å². The minimum absolute atomic E-state index is 0.0351. The zero-order valence-electron chi connectivity index (χ0n) is 23.2. The van der Waals surface area contributed by atoms with Crippen LogP contribution in [0.4, 0.5) is 0 Å². The van der Waals surface area contributed by atoms with Gasteiger partial charge in [-0.3, -0.25) is 9.59 Å². The van der Waals surface area contributed by atoms with Gasteiger partial charge in [0.1, 0.15) is 11.5 Å². The molecule has 5 aliphatic carbocycles. The van der Waals surface area contributed by atoms with Crippen molar-refractivity contribution < 1.29 is 19.4 Å². The largest absolute Gasteiger partial charge is 0.481 e. The molecule has 0 radical (unpaired) electrons. The van der Waals surface area contributed by atoms with Crippen LogP contribution in [-0.2, 0) is 14.3 Å². The van der Waals surface area contributed by atoms with Crippen molar-refractivity contribution in [2.24, 2.45) is 57.2 Å². The van der Waals surface area contributed by atoms with Crippen LogP contribution in [0.3, 0.4) is 0 Å². The average molecular weight is 485 g/mol. The summed E-state index contributed by atoms with van der Waals surface area (Å²) < 4.78 is 5.66. The monoisotopic (exact) mass is 484 g/mol. The van der Waals surface area contributed by atoms with Crippen LogP contribution < -0.4 is 0 Å². The summed E-state index contributed by atoms with van der Waals surface area (Å²) in [6.07, 6.45) is 12.2. The van der Waals surface area contributed by atoms with Gasteiger partial charge in [0.15, 0.2) is 0 Å². The van der Waals surface area contributed by atoms with Gasteiger partial charge in [0, 0.05) is 6.92 Å². The molecule has 4 heteroatoms. The summed E-state index contributed by atoms with van der Waals surface area (Å²) in [4.78, 5) is 24.6. The molecular weight excluding hydrogens is 436 g/mol. The van der Waals surface area contributed by atoms with Crippen LogP contribution >= 0.6 is 0 Å². The molecular formula is C31H48O4. The normalized spacial score (nSPS) is 53.2. The van der Waals surface area contributed by atoms with Gasteiger partial charge in [0.05, 0.1) is 0 Å². The Bertz CT molecular complexity index is 938. The van der Waals surface area contributed by atoms with Gasteiger partial charge in [-0.2, -0.15) is 0 Å². The standard InChI is InChI=1S/C31H48O4/c1-18-12-14-28(4)16-17-29(5)21-10-11-24-30(6,22(21)8-9-23(29)26(28)19(18)2)15-13-25(35-20(3)32)31(24,7)27(33)34/h9,18-19,21-22,24-26H,8,10-17H2,1-7H3,(H,33,34)/t18-,19+,21?,22?,24?,25-,26?,28-,29+,30-,31-/m1/s1. The summed E-state index contributed by atoms with van der Waals surface area (Å²) in [6, 6.07) is 0. The highest BCUT2D eigenvalue weighted by Crippen LogP contribution is 2.71. The van der Waals surface area contributed by atoms with E-state index in [-0.39, 0.29) is 22.7 Å². The first-order valence-corrected chi connectivity index (χ1v) is 14.4. The molecule has 4 saturated carbocycles.